The molecule has 0 aromatic heterocycles. The maximum Gasteiger partial charge on any atom is 0.0358 e. The van der Waals surface area contributed by atoms with E-state index in [1.807, 2.05) is 13.8 Å². The Morgan fingerprint density at radius 2 is 1.67 bits per heavy atom. The molecule has 0 saturated carbocycles. The second kappa shape index (κ2) is 2.67. The molecule has 1 rings (SSSR count). The van der Waals surface area contributed by atoms with E-state index in [1.54, 1.807) is 0 Å². The highest BCUT2D eigenvalue weighted by Gasteiger charge is 2.23. The molecule has 2 nitrogen and oxygen atoms in total. The van der Waals surface area contributed by atoms with Crippen LogP contribution in [0.2, 0.25) is 0 Å². The Morgan fingerprint density at radius 1 is 1.22 bits per heavy atom. The van der Waals surface area contributed by atoms with E-state index < -0.39 is 0 Å². The van der Waals surface area contributed by atoms with E-state index in [2.05, 4.69) is 0 Å². The van der Waals surface area contributed by atoms with E-state index >= 15 is 0 Å². The van der Waals surface area contributed by atoms with Crippen LogP contribution in [0.3, 0.4) is 0 Å². The second-order valence-corrected chi connectivity index (χ2v) is 2.99. The van der Waals surface area contributed by atoms with Crippen LogP contribution in [-0.4, -0.2) is 17.1 Å². The van der Waals surface area contributed by atoms with Gasteiger partial charge in [0.2, 0.25) is 0 Å². The van der Waals surface area contributed by atoms with Gasteiger partial charge in [-0.1, -0.05) is 6.42 Å². The van der Waals surface area contributed by atoms with Crippen molar-refractivity contribution in [2.75, 3.05) is 0 Å². The first-order chi connectivity index (χ1) is 4.22. The van der Waals surface area contributed by atoms with Gasteiger partial charge in [0, 0.05) is 12.1 Å². The molecular formula is C7H14NO. The monoisotopic (exact) mass is 128 g/mol. The lowest BCUT2D eigenvalue weighted by molar-refractivity contribution is -0.221. The Morgan fingerprint density at radius 3 is 2.00 bits per heavy atom. The van der Waals surface area contributed by atoms with Crippen molar-refractivity contribution in [1.29, 1.82) is 0 Å². The first kappa shape index (κ1) is 7.03. The third kappa shape index (κ3) is 1.43. The zero-order valence-electron chi connectivity index (χ0n) is 6.13. The van der Waals surface area contributed by atoms with Crippen molar-refractivity contribution in [3.05, 3.63) is 0 Å². The smallest absolute Gasteiger partial charge is 0.0358 e. The van der Waals surface area contributed by atoms with E-state index in [-0.39, 0.29) is 12.1 Å². The van der Waals surface area contributed by atoms with Crippen LogP contribution in [0.4, 0.5) is 0 Å². The standard InChI is InChI=1S/C7H14NO/c1-6-4-3-5-7(2)8(6)9/h6-7H,3-5H2,1-2H3. The summed E-state index contributed by atoms with van der Waals surface area (Å²) in [5.41, 5.74) is 0. The predicted octanol–water partition coefficient (Wildman–Crippen LogP) is 1.59. The van der Waals surface area contributed by atoms with Crippen LogP contribution >= 0.6 is 0 Å². The maximum atomic E-state index is 11.0. The van der Waals surface area contributed by atoms with Crippen molar-refractivity contribution >= 4 is 0 Å². The third-order valence-electron chi connectivity index (χ3n) is 2.11. The fourth-order valence-electron chi connectivity index (χ4n) is 1.40. The molecule has 1 saturated heterocycles. The zero-order valence-corrected chi connectivity index (χ0v) is 6.13. The Bertz CT molecular complexity index is 84.9. The van der Waals surface area contributed by atoms with Gasteiger partial charge in [-0.15, -0.1) is 10.3 Å². The Balaban J connectivity index is 2.41. The molecule has 1 fully saturated rings. The fraction of sp³-hybridized carbons (Fsp3) is 1.00. The average molecular weight is 128 g/mol. The lowest BCUT2D eigenvalue weighted by Crippen LogP contribution is -2.39. The number of hydrogen-bond donors (Lipinski definition) is 0. The molecule has 0 spiro atoms. The van der Waals surface area contributed by atoms with Crippen LogP contribution in [-0.2, 0) is 5.21 Å². The summed E-state index contributed by atoms with van der Waals surface area (Å²) in [4.78, 5) is 0. The summed E-state index contributed by atoms with van der Waals surface area (Å²) >= 11 is 0. The summed E-state index contributed by atoms with van der Waals surface area (Å²) in [6.07, 6.45) is 3.38. The van der Waals surface area contributed by atoms with Crippen molar-refractivity contribution < 1.29 is 5.21 Å². The first-order valence-electron chi connectivity index (χ1n) is 3.67. The van der Waals surface area contributed by atoms with Crippen molar-refractivity contribution in [2.45, 2.75) is 45.2 Å². The molecule has 1 aliphatic heterocycles. The van der Waals surface area contributed by atoms with Gasteiger partial charge >= 0.3 is 0 Å². The minimum absolute atomic E-state index is 0.258. The highest BCUT2D eigenvalue weighted by atomic mass is 16.5. The topological polar surface area (TPSA) is 23.1 Å². The van der Waals surface area contributed by atoms with Gasteiger partial charge in [0.15, 0.2) is 0 Å². The lowest BCUT2D eigenvalue weighted by atomic mass is 10.0. The molecule has 0 N–H and O–H groups in total. The van der Waals surface area contributed by atoms with Crippen molar-refractivity contribution in [3.63, 3.8) is 0 Å². The van der Waals surface area contributed by atoms with E-state index in [0.717, 1.165) is 12.8 Å². The first-order valence-corrected chi connectivity index (χ1v) is 3.67. The van der Waals surface area contributed by atoms with Gasteiger partial charge in [0.1, 0.15) is 0 Å². The van der Waals surface area contributed by atoms with Crippen LogP contribution in [0.15, 0.2) is 0 Å². The number of nitrogens with zero attached hydrogens (tertiary/aromatic N) is 1. The predicted molar refractivity (Wildman–Crippen MR) is 35.3 cm³/mol. The minimum atomic E-state index is 0.258. The Labute approximate surface area is 56.4 Å². The van der Waals surface area contributed by atoms with E-state index in [0.29, 0.717) is 0 Å². The fourth-order valence-corrected chi connectivity index (χ4v) is 1.40. The number of hydroxylamine groups is 2. The SMILES string of the molecule is CC1CCCC(C)N1[O]. The summed E-state index contributed by atoms with van der Waals surface area (Å²) in [6.45, 7) is 4.01. The molecule has 0 aromatic carbocycles. The van der Waals surface area contributed by atoms with Gasteiger partial charge in [-0.2, -0.15) is 0 Å². The molecule has 1 heterocycles. The number of rotatable bonds is 0. The molecule has 2 atom stereocenters. The number of piperidine rings is 1. The molecule has 53 valence electrons. The molecule has 9 heavy (non-hydrogen) atoms. The van der Waals surface area contributed by atoms with Gasteiger partial charge in [0.25, 0.3) is 0 Å². The van der Waals surface area contributed by atoms with E-state index in [1.165, 1.54) is 11.5 Å². The molecular weight excluding hydrogens is 114 g/mol. The van der Waals surface area contributed by atoms with Gasteiger partial charge in [-0.05, 0) is 26.7 Å². The normalized spacial score (nSPS) is 39.0. The molecule has 2 unspecified atom stereocenters. The van der Waals surface area contributed by atoms with E-state index in [9.17, 15) is 5.21 Å². The maximum absolute atomic E-state index is 11.0. The molecule has 2 heteroatoms. The molecule has 0 bridgehead atoms. The molecule has 1 radical (unpaired) electrons. The van der Waals surface area contributed by atoms with Crippen LogP contribution < -0.4 is 0 Å². The van der Waals surface area contributed by atoms with Crippen molar-refractivity contribution in [3.8, 4) is 0 Å². The van der Waals surface area contributed by atoms with Gasteiger partial charge in [0.05, 0.1) is 0 Å². The molecule has 1 aliphatic rings. The summed E-state index contributed by atoms with van der Waals surface area (Å²) in [6, 6.07) is 0.516. The van der Waals surface area contributed by atoms with Crippen LogP contribution in [0.25, 0.3) is 0 Å². The van der Waals surface area contributed by atoms with Crippen LogP contribution in [0.1, 0.15) is 33.1 Å². The largest absolute Gasteiger partial charge is 0.149 e. The van der Waals surface area contributed by atoms with Crippen LogP contribution in [0, 0.1) is 0 Å². The van der Waals surface area contributed by atoms with Gasteiger partial charge < -0.3 is 0 Å². The summed E-state index contributed by atoms with van der Waals surface area (Å²) in [7, 11) is 0. The molecule has 0 amide bonds. The summed E-state index contributed by atoms with van der Waals surface area (Å²) < 4.78 is 0. The van der Waals surface area contributed by atoms with Gasteiger partial charge in [-0.3, -0.25) is 0 Å². The van der Waals surface area contributed by atoms with Crippen molar-refractivity contribution in [2.24, 2.45) is 0 Å². The third-order valence-corrected chi connectivity index (χ3v) is 2.11. The highest BCUT2D eigenvalue weighted by Crippen LogP contribution is 2.19. The van der Waals surface area contributed by atoms with Gasteiger partial charge in [-0.25, -0.2) is 0 Å². The second-order valence-electron chi connectivity index (χ2n) is 2.99. The molecule has 0 aliphatic carbocycles. The van der Waals surface area contributed by atoms with Crippen LogP contribution in [0.5, 0.6) is 0 Å². The lowest BCUT2D eigenvalue weighted by Gasteiger charge is -2.30. The molecule has 0 aromatic rings. The van der Waals surface area contributed by atoms with E-state index in [4.69, 9.17) is 0 Å². The van der Waals surface area contributed by atoms with Crippen molar-refractivity contribution in [1.82, 2.24) is 5.06 Å². The Hall–Kier alpha value is -0.0800. The quantitative estimate of drug-likeness (QED) is 0.486. The summed E-state index contributed by atoms with van der Waals surface area (Å²) in [5.74, 6) is 0. The average Bonchev–Trinajstić information content (AvgIpc) is 1.83. The summed E-state index contributed by atoms with van der Waals surface area (Å²) in [5, 5.41) is 12.3. The highest BCUT2D eigenvalue weighted by molar-refractivity contribution is 4.72. The Kier molecular flexibility index (Phi) is 2.09. The zero-order chi connectivity index (χ0) is 6.85. The minimum Gasteiger partial charge on any atom is -0.149 e. The number of hydrogen-bond acceptors (Lipinski definition) is 1.